The van der Waals surface area contributed by atoms with Crippen LogP contribution in [-0.4, -0.2) is 67.7 Å². The summed E-state index contributed by atoms with van der Waals surface area (Å²) in [6, 6.07) is 6.41. The number of thiazole rings is 1. The maximum Gasteiger partial charge on any atom is 0.410 e. The van der Waals surface area contributed by atoms with Crippen LogP contribution in [0.1, 0.15) is 43.1 Å². The van der Waals surface area contributed by atoms with Gasteiger partial charge in [0.2, 0.25) is 0 Å². The first-order valence-electron chi connectivity index (χ1n) is 12.6. The molecule has 10 nitrogen and oxygen atoms in total. The molecule has 0 bridgehead atoms. The Hall–Kier alpha value is -4.06. The Morgan fingerprint density at radius 3 is 2.54 bits per heavy atom. The van der Waals surface area contributed by atoms with E-state index in [1.165, 1.54) is 12.4 Å². The van der Waals surface area contributed by atoms with Crippen LogP contribution in [0.3, 0.4) is 0 Å². The van der Waals surface area contributed by atoms with Crippen molar-refractivity contribution in [2.24, 2.45) is 5.73 Å². The quantitative estimate of drug-likeness (QED) is 0.396. The molecule has 1 aliphatic rings. The molecule has 1 aromatic carbocycles. The van der Waals surface area contributed by atoms with Crippen molar-refractivity contribution in [1.29, 1.82) is 0 Å². The number of benzene rings is 1. The monoisotopic (exact) mass is 551 g/mol. The number of primary amides is 1. The molecule has 4 aromatic rings. The number of carbonyl (C=O) groups excluding carboxylic acids is 2. The molecule has 4 heterocycles. The van der Waals surface area contributed by atoms with Gasteiger partial charge in [-0.15, -0.1) is 0 Å². The van der Waals surface area contributed by atoms with Crippen molar-refractivity contribution in [2.45, 2.75) is 46.3 Å². The number of nitrogens with zero attached hydrogens (tertiary/aromatic N) is 6. The molecule has 2 N–H and O–H groups in total. The molecule has 0 radical (unpaired) electrons. The van der Waals surface area contributed by atoms with Gasteiger partial charge < -0.3 is 20.3 Å². The van der Waals surface area contributed by atoms with Crippen LogP contribution in [0.4, 0.5) is 15.0 Å². The zero-order chi connectivity index (χ0) is 28.1. The molecule has 39 heavy (non-hydrogen) atoms. The summed E-state index contributed by atoms with van der Waals surface area (Å²) in [5.41, 5.74) is 6.97. The second kappa shape index (κ2) is 9.92. The number of halogens is 1. The Labute approximate surface area is 229 Å². The van der Waals surface area contributed by atoms with E-state index in [2.05, 4.69) is 19.9 Å². The first-order valence-corrected chi connectivity index (χ1v) is 13.4. The Balaban J connectivity index is 1.62. The zero-order valence-electron chi connectivity index (χ0n) is 22.4. The molecule has 204 valence electrons. The topological polar surface area (TPSA) is 119 Å². The van der Waals surface area contributed by atoms with E-state index in [0.29, 0.717) is 63.3 Å². The van der Waals surface area contributed by atoms with E-state index in [-0.39, 0.29) is 18.0 Å². The van der Waals surface area contributed by atoms with Crippen LogP contribution in [0.25, 0.3) is 27.3 Å². The number of rotatable bonds is 4. The summed E-state index contributed by atoms with van der Waals surface area (Å²) < 4.78 is 22.4. The van der Waals surface area contributed by atoms with Crippen LogP contribution in [0.2, 0.25) is 0 Å². The molecular weight excluding hydrogens is 521 g/mol. The zero-order valence-corrected chi connectivity index (χ0v) is 23.3. The summed E-state index contributed by atoms with van der Waals surface area (Å²) in [6.45, 7) is 10.6. The highest BCUT2D eigenvalue weighted by molar-refractivity contribution is 7.16. The normalized spacial score (nSPS) is 16.1. The molecule has 5 rings (SSSR count). The minimum absolute atomic E-state index is 0.107. The lowest BCUT2D eigenvalue weighted by Crippen LogP contribution is -2.54. The second-order valence-corrected chi connectivity index (χ2v) is 11.5. The SMILES string of the molecule is Cc1nc(-n2cc(-c3ccccc3F)c3c(N4CCN(C(=O)OC(C)(C)C)CC4C)ncnc32)sc1C(N)=O. The first-order chi connectivity index (χ1) is 18.4. The van der Waals surface area contributed by atoms with E-state index < -0.39 is 11.5 Å². The fourth-order valence-electron chi connectivity index (χ4n) is 4.77. The summed E-state index contributed by atoms with van der Waals surface area (Å²) >= 11 is 1.15. The third-order valence-electron chi connectivity index (χ3n) is 6.49. The lowest BCUT2D eigenvalue weighted by molar-refractivity contribution is 0.0218. The maximum absolute atomic E-state index is 15.1. The van der Waals surface area contributed by atoms with Crippen molar-refractivity contribution in [3.05, 3.63) is 53.2 Å². The highest BCUT2D eigenvalue weighted by Gasteiger charge is 2.33. The Bertz CT molecular complexity index is 1580. The summed E-state index contributed by atoms with van der Waals surface area (Å²) in [6.07, 6.45) is 2.87. The molecule has 0 saturated carbocycles. The third-order valence-corrected chi connectivity index (χ3v) is 7.66. The van der Waals surface area contributed by atoms with Gasteiger partial charge in [0.1, 0.15) is 28.4 Å². The minimum atomic E-state index is -0.587. The number of hydrogen-bond donors (Lipinski definition) is 1. The molecule has 1 saturated heterocycles. The van der Waals surface area contributed by atoms with Crippen LogP contribution < -0.4 is 10.6 Å². The number of anilines is 1. The molecule has 2 amide bonds. The van der Waals surface area contributed by atoms with Gasteiger partial charge >= 0.3 is 6.09 Å². The second-order valence-electron chi connectivity index (χ2n) is 10.5. The molecule has 1 aliphatic heterocycles. The average molecular weight is 552 g/mol. The van der Waals surface area contributed by atoms with Gasteiger partial charge in [-0.3, -0.25) is 9.36 Å². The van der Waals surface area contributed by atoms with Gasteiger partial charge in [0.05, 0.1) is 11.1 Å². The van der Waals surface area contributed by atoms with E-state index in [1.807, 2.05) is 27.7 Å². The largest absolute Gasteiger partial charge is 0.444 e. The Morgan fingerprint density at radius 1 is 1.15 bits per heavy atom. The highest BCUT2D eigenvalue weighted by Crippen LogP contribution is 2.39. The van der Waals surface area contributed by atoms with Gasteiger partial charge in [-0.1, -0.05) is 29.5 Å². The number of piperazine rings is 1. The van der Waals surface area contributed by atoms with Crippen molar-refractivity contribution >= 4 is 40.2 Å². The van der Waals surface area contributed by atoms with Crippen molar-refractivity contribution in [3.8, 4) is 16.3 Å². The Kier molecular flexibility index (Phi) is 6.75. The molecule has 12 heteroatoms. The Morgan fingerprint density at radius 2 is 1.90 bits per heavy atom. The minimum Gasteiger partial charge on any atom is -0.444 e. The number of aromatic nitrogens is 4. The molecule has 1 fully saturated rings. The number of carbonyl (C=O) groups is 2. The number of aryl methyl sites for hydroxylation is 1. The predicted molar refractivity (Wildman–Crippen MR) is 148 cm³/mol. The smallest absolute Gasteiger partial charge is 0.410 e. The van der Waals surface area contributed by atoms with Crippen LogP contribution >= 0.6 is 11.3 Å². The van der Waals surface area contributed by atoms with Gasteiger partial charge in [-0.25, -0.2) is 24.1 Å². The van der Waals surface area contributed by atoms with Crippen molar-refractivity contribution in [3.63, 3.8) is 0 Å². The number of hydrogen-bond acceptors (Lipinski definition) is 8. The highest BCUT2D eigenvalue weighted by atomic mass is 32.1. The number of ether oxygens (including phenoxy) is 1. The molecule has 0 spiro atoms. The number of nitrogens with two attached hydrogens (primary N) is 1. The summed E-state index contributed by atoms with van der Waals surface area (Å²) in [4.78, 5) is 42.5. The fourth-order valence-corrected chi connectivity index (χ4v) is 5.67. The standard InChI is InChI=1S/C27H30FN7O3S/c1-15-12-33(26(37)38-27(3,4)5)10-11-34(15)23-20-18(17-8-6-7-9-19(17)28)13-35(24(20)31-14-30-23)25-32-16(2)21(39-25)22(29)36/h6-9,13-15H,10-12H2,1-5H3,(H2,29,36). The molecule has 1 unspecified atom stereocenters. The third kappa shape index (κ3) is 5.03. The lowest BCUT2D eigenvalue weighted by atomic mass is 10.0. The van der Waals surface area contributed by atoms with E-state index in [1.54, 1.807) is 40.8 Å². The van der Waals surface area contributed by atoms with Crippen molar-refractivity contribution < 1.29 is 18.7 Å². The lowest BCUT2D eigenvalue weighted by Gasteiger charge is -2.41. The van der Waals surface area contributed by atoms with Gasteiger partial charge in [0.15, 0.2) is 10.8 Å². The summed E-state index contributed by atoms with van der Waals surface area (Å²) in [5, 5.41) is 1.13. The van der Waals surface area contributed by atoms with Gasteiger partial charge in [-0.2, -0.15) is 0 Å². The summed E-state index contributed by atoms with van der Waals surface area (Å²) in [5.74, 6) is -0.326. The van der Waals surface area contributed by atoms with E-state index >= 15 is 4.39 Å². The molecule has 0 aliphatic carbocycles. The van der Waals surface area contributed by atoms with E-state index in [9.17, 15) is 9.59 Å². The fraction of sp³-hybridized carbons (Fsp3) is 0.370. The van der Waals surface area contributed by atoms with Gasteiger partial charge in [0, 0.05) is 43.0 Å². The van der Waals surface area contributed by atoms with Crippen molar-refractivity contribution in [2.75, 3.05) is 24.5 Å². The average Bonchev–Trinajstić information content (AvgIpc) is 3.44. The molecule has 1 atom stereocenters. The van der Waals surface area contributed by atoms with Crippen LogP contribution in [0, 0.1) is 12.7 Å². The first kappa shape index (κ1) is 26.5. The van der Waals surface area contributed by atoms with E-state index in [0.717, 1.165) is 11.3 Å². The van der Waals surface area contributed by atoms with Crippen molar-refractivity contribution in [1.82, 2.24) is 24.4 Å². The molecular formula is C27H30FN7O3S. The van der Waals surface area contributed by atoms with Crippen LogP contribution in [-0.2, 0) is 4.74 Å². The predicted octanol–water partition coefficient (Wildman–Crippen LogP) is 4.54. The van der Waals surface area contributed by atoms with Crippen LogP contribution in [0.5, 0.6) is 0 Å². The number of fused-ring (bicyclic) bond motifs is 1. The molecule has 3 aromatic heterocycles. The van der Waals surface area contributed by atoms with Gasteiger partial charge in [0.25, 0.3) is 5.91 Å². The summed E-state index contributed by atoms with van der Waals surface area (Å²) in [7, 11) is 0. The van der Waals surface area contributed by atoms with Gasteiger partial charge in [-0.05, 0) is 40.7 Å². The maximum atomic E-state index is 15.1. The van der Waals surface area contributed by atoms with E-state index in [4.69, 9.17) is 10.5 Å². The van der Waals surface area contributed by atoms with Crippen LogP contribution in [0.15, 0.2) is 36.8 Å². The number of amides is 2.